The smallest absolute Gasteiger partial charge is 0.290 e. The summed E-state index contributed by atoms with van der Waals surface area (Å²) in [6.45, 7) is 3.85. The fourth-order valence-electron chi connectivity index (χ4n) is 3.06. The molecular formula is C18H19N3O3. The molecule has 1 atom stereocenters. The van der Waals surface area contributed by atoms with E-state index in [1.807, 2.05) is 19.1 Å². The molecule has 0 spiro atoms. The molecule has 1 aliphatic rings. The lowest BCUT2D eigenvalue weighted by Crippen LogP contribution is -2.22. The van der Waals surface area contributed by atoms with Gasteiger partial charge in [-0.05, 0) is 42.5 Å². The molecule has 1 unspecified atom stereocenters. The summed E-state index contributed by atoms with van der Waals surface area (Å²) < 4.78 is 10.5. The normalized spacial score (nSPS) is 17.5. The Bertz CT molecular complexity index is 875. The number of nitrogens with one attached hydrogen (secondary N) is 2. The number of hydrogen-bond acceptors (Lipinski definition) is 4. The van der Waals surface area contributed by atoms with Gasteiger partial charge in [0.15, 0.2) is 0 Å². The van der Waals surface area contributed by atoms with Gasteiger partial charge in [-0.15, -0.1) is 0 Å². The van der Waals surface area contributed by atoms with Gasteiger partial charge in [0.1, 0.15) is 0 Å². The predicted molar refractivity (Wildman–Crippen MR) is 88.9 cm³/mol. The van der Waals surface area contributed by atoms with Crippen LogP contribution in [0.25, 0.3) is 10.9 Å². The predicted octanol–water partition coefficient (Wildman–Crippen LogP) is 2.90. The van der Waals surface area contributed by atoms with E-state index in [9.17, 15) is 4.79 Å². The van der Waals surface area contributed by atoms with Crippen LogP contribution in [-0.2, 0) is 11.3 Å². The van der Waals surface area contributed by atoms with E-state index in [0.717, 1.165) is 40.9 Å². The van der Waals surface area contributed by atoms with E-state index in [2.05, 4.69) is 27.6 Å². The van der Waals surface area contributed by atoms with Crippen molar-refractivity contribution in [3.05, 3.63) is 53.0 Å². The van der Waals surface area contributed by atoms with Crippen LogP contribution in [0.1, 0.15) is 39.8 Å². The van der Waals surface area contributed by atoms with Gasteiger partial charge in [-0.25, -0.2) is 0 Å². The molecule has 0 radical (unpaired) electrons. The van der Waals surface area contributed by atoms with E-state index in [1.165, 1.54) is 0 Å². The van der Waals surface area contributed by atoms with Crippen molar-refractivity contribution in [1.29, 1.82) is 0 Å². The van der Waals surface area contributed by atoms with E-state index in [-0.39, 0.29) is 17.6 Å². The van der Waals surface area contributed by atoms with Crippen molar-refractivity contribution < 1.29 is 14.1 Å². The summed E-state index contributed by atoms with van der Waals surface area (Å²) in [7, 11) is 0. The second kappa shape index (κ2) is 6.13. The Hall–Kier alpha value is -2.60. The molecule has 2 aromatic heterocycles. The van der Waals surface area contributed by atoms with Crippen LogP contribution in [-0.4, -0.2) is 29.3 Å². The molecule has 1 amide bonds. The molecule has 0 aliphatic carbocycles. The second-order valence-electron chi connectivity index (χ2n) is 6.23. The lowest BCUT2D eigenvalue weighted by Gasteiger charge is -2.03. The van der Waals surface area contributed by atoms with Gasteiger partial charge in [-0.2, -0.15) is 0 Å². The van der Waals surface area contributed by atoms with Crippen LogP contribution in [0.3, 0.4) is 0 Å². The highest BCUT2D eigenvalue weighted by Crippen LogP contribution is 2.24. The Morgan fingerprint density at radius 3 is 3.12 bits per heavy atom. The summed E-state index contributed by atoms with van der Waals surface area (Å²) >= 11 is 0. The highest BCUT2D eigenvalue weighted by atomic mass is 16.5. The van der Waals surface area contributed by atoms with Crippen LogP contribution >= 0.6 is 0 Å². The number of benzene rings is 1. The molecular weight excluding hydrogens is 306 g/mol. The summed E-state index contributed by atoms with van der Waals surface area (Å²) in [4.78, 5) is 15.5. The number of H-pyrrole nitrogens is 1. The Morgan fingerprint density at radius 2 is 2.29 bits per heavy atom. The second-order valence-corrected chi connectivity index (χ2v) is 6.23. The molecule has 6 nitrogen and oxygen atoms in total. The van der Waals surface area contributed by atoms with Gasteiger partial charge >= 0.3 is 0 Å². The van der Waals surface area contributed by atoms with Gasteiger partial charge in [0.05, 0.1) is 12.3 Å². The SMILES string of the molecule is Cc1cc2cc(CNC(=O)c3cc(C4CCOC4)no3)ccc2[nH]1. The first-order valence-corrected chi connectivity index (χ1v) is 8.10. The van der Waals surface area contributed by atoms with E-state index < -0.39 is 0 Å². The Balaban J connectivity index is 1.41. The van der Waals surface area contributed by atoms with Crippen molar-refractivity contribution in [2.45, 2.75) is 25.8 Å². The lowest BCUT2D eigenvalue weighted by atomic mass is 10.1. The fraction of sp³-hybridized carbons (Fsp3) is 0.333. The van der Waals surface area contributed by atoms with Gasteiger partial charge < -0.3 is 19.6 Å². The first-order chi connectivity index (χ1) is 11.7. The zero-order valence-corrected chi connectivity index (χ0v) is 13.5. The van der Waals surface area contributed by atoms with Gasteiger partial charge in [-0.3, -0.25) is 4.79 Å². The number of carbonyl (C=O) groups excluding carboxylic acids is 1. The van der Waals surface area contributed by atoms with Crippen molar-refractivity contribution in [3.8, 4) is 0 Å². The maximum Gasteiger partial charge on any atom is 0.290 e. The minimum Gasteiger partial charge on any atom is -0.381 e. The number of aryl methyl sites for hydroxylation is 1. The van der Waals surface area contributed by atoms with Crippen LogP contribution in [0.15, 0.2) is 34.9 Å². The van der Waals surface area contributed by atoms with Gasteiger partial charge in [0.2, 0.25) is 5.76 Å². The Morgan fingerprint density at radius 1 is 1.38 bits per heavy atom. The van der Waals surface area contributed by atoms with Crippen molar-refractivity contribution in [3.63, 3.8) is 0 Å². The highest BCUT2D eigenvalue weighted by molar-refractivity contribution is 5.91. The van der Waals surface area contributed by atoms with E-state index in [4.69, 9.17) is 9.26 Å². The fourth-order valence-corrected chi connectivity index (χ4v) is 3.06. The molecule has 1 aliphatic heterocycles. The summed E-state index contributed by atoms with van der Waals surface area (Å²) in [5, 5.41) is 8.02. The van der Waals surface area contributed by atoms with Crippen LogP contribution in [0.2, 0.25) is 0 Å². The number of aromatic nitrogens is 2. The van der Waals surface area contributed by atoms with Gasteiger partial charge in [0, 0.05) is 36.3 Å². The third-order valence-electron chi connectivity index (χ3n) is 4.37. The maximum atomic E-state index is 12.2. The van der Waals surface area contributed by atoms with E-state index in [0.29, 0.717) is 13.2 Å². The van der Waals surface area contributed by atoms with Crippen molar-refractivity contribution in [2.24, 2.45) is 0 Å². The minimum atomic E-state index is -0.252. The minimum absolute atomic E-state index is 0.231. The lowest BCUT2D eigenvalue weighted by molar-refractivity contribution is 0.0914. The molecule has 6 heteroatoms. The average Bonchev–Trinajstić information content (AvgIpc) is 3.30. The molecule has 3 heterocycles. The highest BCUT2D eigenvalue weighted by Gasteiger charge is 2.23. The molecule has 124 valence electrons. The third-order valence-corrected chi connectivity index (χ3v) is 4.37. The number of hydrogen-bond donors (Lipinski definition) is 2. The standard InChI is InChI=1S/C18H19N3O3/c1-11-6-14-7-12(2-3-15(14)20-11)9-19-18(22)17-8-16(21-24-17)13-4-5-23-10-13/h2-3,6-8,13,20H,4-5,9-10H2,1H3,(H,19,22). The zero-order chi connectivity index (χ0) is 16.5. The molecule has 1 aromatic carbocycles. The molecule has 1 fully saturated rings. The summed E-state index contributed by atoms with van der Waals surface area (Å²) in [5.41, 5.74) is 4.05. The van der Waals surface area contributed by atoms with Crippen molar-refractivity contribution in [2.75, 3.05) is 13.2 Å². The molecule has 24 heavy (non-hydrogen) atoms. The maximum absolute atomic E-state index is 12.2. The molecule has 3 aromatic rings. The van der Waals surface area contributed by atoms with E-state index >= 15 is 0 Å². The number of carbonyl (C=O) groups is 1. The number of fused-ring (bicyclic) bond motifs is 1. The number of rotatable bonds is 4. The molecule has 2 N–H and O–H groups in total. The van der Waals surface area contributed by atoms with Crippen molar-refractivity contribution >= 4 is 16.8 Å². The van der Waals surface area contributed by atoms with Gasteiger partial charge in [0.25, 0.3) is 5.91 Å². The topological polar surface area (TPSA) is 80.2 Å². The van der Waals surface area contributed by atoms with Crippen LogP contribution in [0.4, 0.5) is 0 Å². The molecule has 4 rings (SSSR count). The Kier molecular flexibility index (Phi) is 3.82. The monoisotopic (exact) mass is 325 g/mol. The Labute approximate surface area is 139 Å². The summed E-state index contributed by atoms with van der Waals surface area (Å²) in [6, 6.07) is 9.90. The van der Waals surface area contributed by atoms with Crippen LogP contribution in [0.5, 0.6) is 0 Å². The first kappa shape index (κ1) is 15.0. The average molecular weight is 325 g/mol. The van der Waals surface area contributed by atoms with Crippen molar-refractivity contribution in [1.82, 2.24) is 15.5 Å². The zero-order valence-electron chi connectivity index (χ0n) is 13.5. The molecule has 0 saturated carbocycles. The first-order valence-electron chi connectivity index (χ1n) is 8.10. The molecule has 0 bridgehead atoms. The van der Waals surface area contributed by atoms with Crippen LogP contribution < -0.4 is 5.32 Å². The summed E-state index contributed by atoms with van der Waals surface area (Å²) in [6.07, 6.45) is 0.920. The summed E-state index contributed by atoms with van der Waals surface area (Å²) in [5.74, 6) is 0.225. The number of nitrogens with zero attached hydrogens (tertiary/aromatic N) is 1. The largest absolute Gasteiger partial charge is 0.381 e. The number of ether oxygens (including phenoxy) is 1. The molecule has 1 saturated heterocycles. The third kappa shape index (κ3) is 2.92. The van der Waals surface area contributed by atoms with Gasteiger partial charge in [-0.1, -0.05) is 11.2 Å². The van der Waals surface area contributed by atoms with E-state index in [1.54, 1.807) is 6.07 Å². The number of amides is 1. The van der Waals surface area contributed by atoms with Crippen LogP contribution in [0, 0.1) is 6.92 Å². The quantitative estimate of drug-likeness (QED) is 0.773. The number of aromatic amines is 1.